The van der Waals surface area contributed by atoms with E-state index in [0.29, 0.717) is 11.7 Å². The van der Waals surface area contributed by atoms with Crippen LogP contribution in [0.15, 0.2) is 28.6 Å². The average molecular weight is 296 g/mol. The Balaban J connectivity index is 2.24. The van der Waals surface area contributed by atoms with Crippen LogP contribution in [0.4, 0.5) is 14.6 Å². The molecule has 2 aromatic heterocycles. The van der Waals surface area contributed by atoms with Crippen LogP contribution in [-0.2, 0) is 0 Å². The number of anilines is 1. The lowest BCUT2D eigenvalue weighted by molar-refractivity contribution is 0.550. The molecular formula is C13H14F2N4S. The normalized spacial score (nSPS) is 10.6. The molecule has 0 spiro atoms. The van der Waals surface area contributed by atoms with Crippen LogP contribution in [0.3, 0.4) is 0 Å². The summed E-state index contributed by atoms with van der Waals surface area (Å²) >= 11 is 0.964. The Kier molecular flexibility index (Phi) is 4.84. The van der Waals surface area contributed by atoms with Crippen LogP contribution in [0.25, 0.3) is 0 Å². The molecule has 0 amide bonds. The standard InChI is InChI=1S/C13H14F2N4S/c1-3-4-16-11-9(14)5-10(15)12(19-11)20-13-17-6-8(2)7-18-13/h5-7H,3-4H2,1-2H3,(H,16,19). The van der Waals surface area contributed by atoms with E-state index in [4.69, 9.17) is 0 Å². The van der Waals surface area contributed by atoms with Gasteiger partial charge in [-0.3, -0.25) is 0 Å². The molecule has 0 radical (unpaired) electrons. The highest BCUT2D eigenvalue weighted by Gasteiger charge is 2.14. The van der Waals surface area contributed by atoms with Crippen molar-refractivity contribution in [2.75, 3.05) is 11.9 Å². The summed E-state index contributed by atoms with van der Waals surface area (Å²) in [5, 5.41) is 3.24. The number of nitrogens with zero attached hydrogens (tertiary/aromatic N) is 3. The van der Waals surface area contributed by atoms with Crippen LogP contribution in [0.5, 0.6) is 0 Å². The number of aromatic nitrogens is 3. The Bertz CT molecular complexity index is 590. The number of halogens is 2. The van der Waals surface area contributed by atoms with Crippen molar-refractivity contribution in [1.29, 1.82) is 0 Å². The quantitative estimate of drug-likeness (QED) is 0.857. The molecule has 0 saturated carbocycles. The van der Waals surface area contributed by atoms with E-state index in [-0.39, 0.29) is 10.8 Å². The maximum Gasteiger partial charge on any atom is 0.193 e. The molecule has 0 aliphatic rings. The minimum atomic E-state index is -0.723. The second-order valence-corrected chi connectivity index (χ2v) is 5.13. The molecule has 0 unspecified atom stereocenters. The lowest BCUT2D eigenvalue weighted by Gasteiger charge is -2.08. The van der Waals surface area contributed by atoms with Gasteiger partial charge in [0.05, 0.1) is 0 Å². The molecule has 1 N–H and O–H groups in total. The van der Waals surface area contributed by atoms with Gasteiger partial charge in [0.2, 0.25) is 0 Å². The second-order valence-electron chi connectivity index (χ2n) is 4.18. The van der Waals surface area contributed by atoms with Gasteiger partial charge in [-0.05, 0) is 30.7 Å². The first kappa shape index (κ1) is 14.6. The van der Waals surface area contributed by atoms with Gasteiger partial charge in [0.15, 0.2) is 22.6 Å². The molecule has 2 heterocycles. The zero-order chi connectivity index (χ0) is 14.5. The van der Waals surface area contributed by atoms with Crippen LogP contribution in [0.2, 0.25) is 0 Å². The molecule has 2 aromatic rings. The van der Waals surface area contributed by atoms with Crippen molar-refractivity contribution in [3.63, 3.8) is 0 Å². The Hall–Kier alpha value is -1.76. The van der Waals surface area contributed by atoms with Crippen molar-refractivity contribution in [2.24, 2.45) is 0 Å². The fourth-order valence-electron chi connectivity index (χ4n) is 1.41. The zero-order valence-corrected chi connectivity index (χ0v) is 12.0. The van der Waals surface area contributed by atoms with Gasteiger partial charge < -0.3 is 5.32 Å². The average Bonchev–Trinajstić information content (AvgIpc) is 2.43. The molecular weight excluding hydrogens is 282 g/mol. The van der Waals surface area contributed by atoms with E-state index in [1.807, 2.05) is 13.8 Å². The van der Waals surface area contributed by atoms with Gasteiger partial charge in [-0.1, -0.05) is 6.92 Å². The Morgan fingerprint density at radius 3 is 2.55 bits per heavy atom. The molecule has 0 atom stereocenters. The second kappa shape index (κ2) is 6.60. The van der Waals surface area contributed by atoms with Crippen molar-refractivity contribution in [1.82, 2.24) is 15.0 Å². The third kappa shape index (κ3) is 3.63. The van der Waals surface area contributed by atoms with Crippen molar-refractivity contribution in [2.45, 2.75) is 30.5 Å². The van der Waals surface area contributed by atoms with Crippen molar-refractivity contribution in [3.8, 4) is 0 Å². The van der Waals surface area contributed by atoms with E-state index in [9.17, 15) is 8.78 Å². The minimum Gasteiger partial charge on any atom is -0.368 e. The third-order valence-electron chi connectivity index (χ3n) is 2.38. The van der Waals surface area contributed by atoms with Crippen LogP contribution in [-0.4, -0.2) is 21.5 Å². The first-order chi connectivity index (χ1) is 9.60. The van der Waals surface area contributed by atoms with Gasteiger partial charge in [-0.25, -0.2) is 23.7 Å². The van der Waals surface area contributed by atoms with E-state index in [2.05, 4.69) is 20.3 Å². The largest absolute Gasteiger partial charge is 0.368 e. The lowest BCUT2D eigenvalue weighted by Crippen LogP contribution is -2.06. The summed E-state index contributed by atoms with van der Waals surface area (Å²) in [4.78, 5) is 12.1. The molecule has 0 fully saturated rings. The maximum atomic E-state index is 13.7. The Morgan fingerprint density at radius 2 is 1.90 bits per heavy atom. The van der Waals surface area contributed by atoms with Crippen molar-refractivity contribution >= 4 is 17.6 Å². The molecule has 20 heavy (non-hydrogen) atoms. The smallest absolute Gasteiger partial charge is 0.193 e. The first-order valence-electron chi connectivity index (χ1n) is 6.16. The van der Waals surface area contributed by atoms with Crippen LogP contribution >= 0.6 is 11.8 Å². The SMILES string of the molecule is CCCNc1nc(Sc2ncc(C)cn2)c(F)cc1F. The molecule has 0 saturated heterocycles. The Morgan fingerprint density at radius 1 is 1.20 bits per heavy atom. The highest BCUT2D eigenvalue weighted by atomic mass is 32.2. The zero-order valence-electron chi connectivity index (χ0n) is 11.2. The van der Waals surface area contributed by atoms with Gasteiger partial charge in [0.1, 0.15) is 5.03 Å². The number of pyridine rings is 1. The molecule has 0 aliphatic heterocycles. The predicted molar refractivity (Wildman–Crippen MR) is 73.8 cm³/mol. The Labute approximate surface area is 120 Å². The fraction of sp³-hybridized carbons (Fsp3) is 0.308. The number of rotatable bonds is 5. The van der Waals surface area contributed by atoms with Gasteiger partial charge in [-0.15, -0.1) is 0 Å². The molecule has 0 bridgehead atoms. The molecule has 0 aromatic carbocycles. The molecule has 7 heteroatoms. The first-order valence-corrected chi connectivity index (χ1v) is 6.98. The molecule has 4 nitrogen and oxygen atoms in total. The van der Waals surface area contributed by atoms with Gasteiger partial charge in [-0.2, -0.15) is 0 Å². The summed E-state index contributed by atoms with van der Waals surface area (Å²) in [7, 11) is 0. The van der Waals surface area contributed by atoms with Crippen molar-refractivity contribution < 1.29 is 8.78 Å². The van der Waals surface area contributed by atoms with Crippen molar-refractivity contribution in [3.05, 3.63) is 35.7 Å². The summed E-state index contributed by atoms with van der Waals surface area (Å²) < 4.78 is 27.3. The van der Waals surface area contributed by atoms with E-state index in [0.717, 1.165) is 29.8 Å². The van der Waals surface area contributed by atoms with Crippen LogP contribution in [0, 0.1) is 18.6 Å². The van der Waals surface area contributed by atoms with Crippen LogP contribution in [0.1, 0.15) is 18.9 Å². The number of aryl methyl sites for hydroxylation is 1. The molecule has 2 rings (SSSR count). The summed E-state index contributed by atoms with van der Waals surface area (Å²) in [6.45, 7) is 4.38. The highest BCUT2D eigenvalue weighted by molar-refractivity contribution is 7.99. The van der Waals surface area contributed by atoms with Gasteiger partial charge >= 0.3 is 0 Å². The van der Waals surface area contributed by atoms with E-state index < -0.39 is 11.6 Å². The fourth-order valence-corrected chi connectivity index (χ4v) is 2.09. The van der Waals surface area contributed by atoms with E-state index in [1.54, 1.807) is 12.4 Å². The topological polar surface area (TPSA) is 50.7 Å². The van der Waals surface area contributed by atoms with Gasteiger partial charge in [0, 0.05) is 25.0 Å². The third-order valence-corrected chi connectivity index (χ3v) is 3.26. The number of hydrogen-bond acceptors (Lipinski definition) is 5. The van der Waals surface area contributed by atoms with E-state index >= 15 is 0 Å². The maximum absolute atomic E-state index is 13.7. The number of hydrogen-bond donors (Lipinski definition) is 1. The molecule has 0 aliphatic carbocycles. The number of nitrogens with one attached hydrogen (secondary N) is 1. The summed E-state index contributed by atoms with van der Waals surface area (Å²) in [6, 6.07) is 0.821. The highest BCUT2D eigenvalue weighted by Crippen LogP contribution is 2.27. The van der Waals surface area contributed by atoms with Crippen LogP contribution < -0.4 is 5.32 Å². The summed E-state index contributed by atoms with van der Waals surface area (Å²) in [6.07, 6.45) is 4.09. The lowest BCUT2D eigenvalue weighted by atomic mass is 10.4. The molecule has 106 valence electrons. The summed E-state index contributed by atoms with van der Waals surface area (Å²) in [5.41, 5.74) is 0.909. The van der Waals surface area contributed by atoms with Gasteiger partial charge in [0.25, 0.3) is 0 Å². The summed E-state index contributed by atoms with van der Waals surface area (Å²) in [5.74, 6) is -1.38. The monoisotopic (exact) mass is 296 g/mol. The predicted octanol–water partition coefficient (Wildman–Crippen LogP) is 3.43. The van der Waals surface area contributed by atoms with E-state index in [1.165, 1.54) is 0 Å². The minimum absolute atomic E-state index is 0.0443.